The van der Waals surface area contributed by atoms with E-state index < -0.39 is 11.8 Å². The number of carbonyl (C=O) groups is 2. The molecule has 0 heterocycles. The predicted octanol–water partition coefficient (Wildman–Crippen LogP) is 2.84. The molecule has 3 aromatic rings. The number of para-hydroxylation sites is 2. The maximum Gasteiger partial charge on any atom is 0.276 e. The Labute approximate surface area is 168 Å². The van der Waals surface area contributed by atoms with Gasteiger partial charge in [-0.2, -0.15) is 0 Å². The third-order valence-electron chi connectivity index (χ3n) is 3.94. The van der Waals surface area contributed by atoms with Crippen molar-refractivity contribution < 1.29 is 23.8 Å². The van der Waals surface area contributed by atoms with Crippen LogP contribution in [0.1, 0.15) is 6.92 Å². The molecule has 0 saturated heterocycles. The van der Waals surface area contributed by atoms with E-state index in [1.807, 2.05) is 49.4 Å². The second-order valence-corrected chi connectivity index (χ2v) is 6.06. The Morgan fingerprint density at radius 2 is 1.31 bits per heavy atom. The molecular weight excluding hydrogens is 372 g/mol. The van der Waals surface area contributed by atoms with Gasteiger partial charge in [0.1, 0.15) is 5.75 Å². The van der Waals surface area contributed by atoms with E-state index in [1.165, 1.54) is 0 Å². The summed E-state index contributed by atoms with van der Waals surface area (Å²) >= 11 is 0. The Bertz CT molecular complexity index is 990. The Balaban J connectivity index is 1.41. The number of hydrazine groups is 1. The van der Waals surface area contributed by atoms with Gasteiger partial charge in [0.05, 0.1) is 6.61 Å². The molecule has 0 aromatic heterocycles. The van der Waals surface area contributed by atoms with Crippen molar-refractivity contribution in [3.8, 4) is 17.2 Å². The van der Waals surface area contributed by atoms with Crippen molar-refractivity contribution in [2.45, 2.75) is 6.92 Å². The van der Waals surface area contributed by atoms with Gasteiger partial charge in [-0.05, 0) is 42.0 Å². The standard InChI is InChI=1S/C22H22N2O5/c1-2-27-19-9-5-6-10-20(19)29-15-22(26)24-23-21(25)14-28-18-12-11-16-7-3-4-8-17(16)13-18/h3-13H,2,14-15H2,1H3,(H,23,25)(H,24,26). The molecule has 0 saturated carbocycles. The van der Waals surface area contributed by atoms with Crippen LogP contribution in [-0.2, 0) is 9.59 Å². The predicted molar refractivity (Wildman–Crippen MR) is 109 cm³/mol. The number of amides is 2. The van der Waals surface area contributed by atoms with Crippen LogP contribution in [0.2, 0.25) is 0 Å². The number of carbonyl (C=O) groups excluding carboxylic acids is 2. The van der Waals surface area contributed by atoms with Crippen molar-refractivity contribution in [1.82, 2.24) is 10.9 Å². The molecule has 2 amide bonds. The lowest BCUT2D eigenvalue weighted by Crippen LogP contribution is -2.45. The zero-order valence-corrected chi connectivity index (χ0v) is 16.0. The number of hydrogen-bond donors (Lipinski definition) is 2. The highest BCUT2D eigenvalue weighted by Crippen LogP contribution is 2.26. The van der Waals surface area contributed by atoms with Crippen molar-refractivity contribution >= 4 is 22.6 Å². The highest BCUT2D eigenvalue weighted by molar-refractivity contribution is 5.85. The van der Waals surface area contributed by atoms with Crippen LogP contribution in [-0.4, -0.2) is 31.6 Å². The van der Waals surface area contributed by atoms with E-state index in [-0.39, 0.29) is 13.2 Å². The summed E-state index contributed by atoms with van der Waals surface area (Å²) in [5.41, 5.74) is 4.58. The number of benzene rings is 3. The van der Waals surface area contributed by atoms with E-state index in [1.54, 1.807) is 24.3 Å². The molecule has 0 atom stereocenters. The lowest BCUT2D eigenvalue weighted by Gasteiger charge is -2.12. The van der Waals surface area contributed by atoms with E-state index in [0.717, 1.165) is 10.8 Å². The molecule has 7 heteroatoms. The summed E-state index contributed by atoms with van der Waals surface area (Å²) in [6, 6.07) is 20.5. The molecule has 0 unspecified atom stereocenters. The zero-order chi connectivity index (χ0) is 20.5. The maximum absolute atomic E-state index is 11.9. The van der Waals surface area contributed by atoms with E-state index in [4.69, 9.17) is 14.2 Å². The minimum Gasteiger partial charge on any atom is -0.490 e. The molecule has 0 aliphatic heterocycles. The Morgan fingerprint density at radius 3 is 2.00 bits per heavy atom. The summed E-state index contributed by atoms with van der Waals surface area (Å²) in [5, 5.41) is 2.10. The van der Waals surface area contributed by atoms with Gasteiger partial charge in [-0.3, -0.25) is 20.4 Å². The fraction of sp³-hybridized carbons (Fsp3) is 0.182. The Hall–Kier alpha value is -3.74. The van der Waals surface area contributed by atoms with Gasteiger partial charge in [0.25, 0.3) is 11.8 Å². The van der Waals surface area contributed by atoms with Gasteiger partial charge < -0.3 is 14.2 Å². The van der Waals surface area contributed by atoms with Crippen molar-refractivity contribution in [1.29, 1.82) is 0 Å². The van der Waals surface area contributed by atoms with Crippen LogP contribution in [0, 0.1) is 0 Å². The molecule has 0 fully saturated rings. The number of fused-ring (bicyclic) bond motifs is 1. The normalized spacial score (nSPS) is 10.2. The fourth-order valence-electron chi connectivity index (χ4n) is 2.61. The van der Waals surface area contributed by atoms with Crippen LogP contribution in [0.25, 0.3) is 10.8 Å². The quantitative estimate of drug-likeness (QED) is 0.574. The average Bonchev–Trinajstić information content (AvgIpc) is 2.75. The summed E-state index contributed by atoms with van der Waals surface area (Å²) in [4.78, 5) is 23.8. The number of ether oxygens (including phenoxy) is 3. The Kier molecular flexibility index (Phi) is 6.89. The first kappa shape index (κ1) is 20.0. The zero-order valence-electron chi connectivity index (χ0n) is 16.0. The lowest BCUT2D eigenvalue weighted by atomic mass is 10.1. The summed E-state index contributed by atoms with van der Waals surface area (Å²) in [6.07, 6.45) is 0. The fourth-order valence-corrected chi connectivity index (χ4v) is 2.61. The van der Waals surface area contributed by atoms with Crippen LogP contribution in [0.5, 0.6) is 17.2 Å². The third kappa shape index (κ3) is 5.87. The first-order valence-electron chi connectivity index (χ1n) is 9.19. The van der Waals surface area contributed by atoms with Crippen LogP contribution < -0.4 is 25.1 Å². The molecule has 0 radical (unpaired) electrons. The molecule has 150 valence electrons. The van der Waals surface area contributed by atoms with Crippen LogP contribution in [0.3, 0.4) is 0 Å². The van der Waals surface area contributed by atoms with Gasteiger partial charge in [-0.15, -0.1) is 0 Å². The van der Waals surface area contributed by atoms with Crippen molar-refractivity contribution in [3.63, 3.8) is 0 Å². The number of rotatable bonds is 8. The van der Waals surface area contributed by atoms with Crippen LogP contribution >= 0.6 is 0 Å². The van der Waals surface area contributed by atoms with E-state index >= 15 is 0 Å². The van der Waals surface area contributed by atoms with Gasteiger partial charge in [0.15, 0.2) is 24.7 Å². The molecule has 3 aromatic carbocycles. The highest BCUT2D eigenvalue weighted by atomic mass is 16.5. The molecule has 2 N–H and O–H groups in total. The summed E-state index contributed by atoms with van der Waals surface area (Å²) in [5.74, 6) is 0.587. The minimum atomic E-state index is -0.504. The molecule has 0 aliphatic rings. The molecule has 3 rings (SSSR count). The summed E-state index contributed by atoms with van der Waals surface area (Å²) < 4.78 is 16.3. The van der Waals surface area contributed by atoms with E-state index in [2.05, 4.69) is 10.9 Å². The van der Waals surface area contributed by atoms with Crippen LogP contribution in [0.4, 0.5) is 0 Å². The SMILES string of the molecule is CCOc1ccccc1OCC(=O)NNC(=O)COc1ccc2ccccc2c1. The topological polar surface area (TPSA) is 85.9 Å². The smallest absolute Gasteiger partial charge is 0.276 e. The van der Waals surface area contributed by atoms with Gasteiger partial charge in [0.2, 0.25) is 0 Å². The van der Waals surface area contributed by atoms with E-state index in [0.29, 0.717) is 23.9 Å². The van der Waals surface area contributed by atoms with Crippen molar-refractivity contribution in [3.05, 3.63) is 66.7 Å². The van der Waals surface area contributed by atoms with E-state index in [9.17, 15) is 9.59 Å². The highest BCUT2D eigenvalue weighted by Gasteiger charge is 2.09. The first-order chi connectivity index (χ1) is 14.2. The van der Waals surface area contributed by atoms with Crippen molar-refractivity contribution in [2.75, 3.05) is 19.8 Å². The molecule has 0 bridgehead atoms. The molecular formula is C22H22N2O5. The number of nitrogens with one attached hydrogen (secondary N) is 2. The number of hydrogen-bond acceptors (Lipinski definition) is 5. The second-order valence-electron chi connectivity index (χ2n) is 6.06. The minimum absolute atomic E-state index is 0.230. The Morgan fingerprint density at radius 1 is 0.724 bits per heavy atom. The average molecular weight is 394 g/mol. The van der Waals surface area contributed by atoms with Crippen molar-refractivity contribution in [2.24, 2.45) is 0 Å². The van der Waals surface area contributed by atoms with Gasteiger partial charge >= 0.3 is 0 Å². The lowest BCUT2D eigenvalue weighted by molar-refractivity contribution is -0.131. The first-order valence-corrected chi connectivity index (χ1v) is 9.19. The monoisotopic (exact) mass is 394 g/mol. The van der Waals surface area contributed by atoms with Gasteiger partial charge in [0, 0.05) is 0 Å². The molecule has 7 nitrogen and oxygen atoms in total. The summed E-state index contributed by atoms with van der Waals surface area (Å²) in [7, 11) is 0. The molecule has 29 heavy (non-hydrogen) atoms. The largest absolute Gasteiger partial charge is 0.490 e. The van der Waals surface area contributed by atoms with Gasteiger partial charge in [-0.1, -0.05) is 42.5 Å². The summed E-state index contributed by atoms with van der Waals surface area (Å²) in [6.45, 7) is 1.85. The van der Waals surface area contributed by atoms with Gasteiger partial charge in [-0.25, -0.2) is 0 Å². The maximum atomic E-state index is 11.9. The van der Waals surface area contributed by atoms with Crippen LogP contribution in [0.15, 0.2) is 66.7 Å². The molecule has 0 spiro atoms. The third-order valence-corrected chi connectivity index (χ3v) is 3.94. The second kappa shape index (κ2) is 9.98. The molecule has 0 aliphatic carbocycles.